The van der Waals surface area contributed by atoms with Crippen LogP contribution >= 0.6 is 47.0 Å². The van der Waals surface area contributed by atoms with Gasteiger partial charge in [-0.15, -0.1) is 23.5 Å². The lowest BCUT2D eigenvalue weighted by atomic mass is 10.2. The van der Waals surface area contributed by atoms with E-state index < -0.39 is 24.1 Å². The second kappa shape index (κ2) is 20.2. The van der Waals surface area contributed by atoms with Gasteiger partial charge < -0.3 is 18.9 Å². The van der Waals surface area contributed by atoms with Crippen molar-refractivity contribution < 1.29 is 28.5 Å². The molecule has 3 rings (SSSR count). The third-order valence-corrected chi connectivity index (χ3v) is 9.82. The molecule has 2 unspecified atom stereocenters. The van der Waals surface area contributed by atoms with Crippen LogP contribution in [0.3, 0.4) is 0 Å². The molecule has 0 saturated carbocycles. The Bertz CT molecular complexity index is 1230. The molecule has 0 fully saturated rings. The number of benzene rings is 3. The van der Waals surface area contributed by atoms with E-state index in [0.29, 0.717) is 23.0 Å². The van der Waals surface area contributed by atoms with Crippen LogP contribution in [0.2, 0.25) is 0 Å². The molecule has 0 radical (unpaired) electrons. The first-order valence-corrected chi connectivity index (χ1v) is 18.6. The Balaban J connectivity index is 1.52. The highest BCUT2D eigenvalue weighted by Gasteiger charge is 2.17. The Morgan fingerprint density at radius 2 is 1.09 bits per heavy atom. The summed E-state index contributed by atoms with van der Waals surface area (Å²) in [6, 6.07) is 24.0. The first kappa shape index (κ1) is 35.6. The van der Waals surface area contributed by atoms with Gasteiger partial charge >= 0.3 is 11.9 Å². The van der Waals surface area contributed by atoms with E-state index in [9.17, 15) is 9.59 Å². The Hall–Kier alpha value is -2.92. The summed E-state index contributed by atoms with van der Waals surface area (Å²) in [5, 5.41) is 0. The molecule has 0 spiro atoms. The molecule has 10 heteroatoms. The van der Waals surface area contributed by atoms with Gasteiger partial charge in [0.25, 0.3) is 0 Å². The normalized spacial score (nSPS) is 12.0. The molecular weight excluding hydrogens is 633 g/mol. The highest BCUT2D eigenvalue weighted by Crippen LogP contribution is 2.23. The van der Waals surface area contributed by atoms with E-state index in [4.69, 9.17) is 18.9 Å². The predicted molar refractivity (Wildman–Crippen MR) is 186 cm³/mol. The first-order chi connectivity index (χ1) is 21.4. The van der Waals surface area contributed by atoms with Gasteiger partial charge in [0.15, 0.2) is 0 Å². The van der Waals surface area contributed by atoms with E-state index in [2.05, 4.69) is 74.2 Å². The average molecular weight is 671 g/mol. The molecule has 0 saturated heterocycles. The summed E-state index contributed by atoms with van der Waals surface area (Å²) in [5.74, 6) is 2.88. The summed E-state index contributed by atoms with van der Waals surface area (Å²) in [7, 11) is 0. The largest absolute Gasteiger partial charge is 0.490 e. The molecule has 0 amide bonds. The quantitative estimate of drug-likeness (QED) is 0.0672. The van der Waals surface area contributed by atoms with Crippen LogP contribution in [0.15, 0.2) is 108 Å². The third-order valence-electron chi connectivity index (χ3n) is 6.04. The summed E-state index contributed by atoms with van der Waals surface area (Å²) < 4.78 is 23.1. The van der Waals surface area contributed by atoms with Crippen molar-refractivity contribution in [3.63, 3.8) is 0 Å². The smallest absolute Gasteiger partial charge is 0.330 e. The lowest BCUT2D eigenvalue weighted by molar-refractivity contribution is -0.144. The third kappa shape index (κ3) is 13.4. The van der Waals surface area contributed by atoms with Gasteiger partial charge in [-0.1, -0.05) is 43.5 Å². The van der Waals surface area contributed by atoms with Crippen LogP contribution in [0.5, 0.6) is 11.5 Å². The highest BCUT2D eigenvalue weighted by atomic mass is 32.2. The van der Waals surface area contributed by atoms with E-state index >= 15 is 0 Å². The molecule has 3 aromatic carbocycles. The molecule has 234 valence electrons. The molecule has 0 heterocycles. The zero-order valence-electron chi connectivity index (χ0n) is 25.0. The monoisotopic (exact) mass is 670 g/mol. The SMILES string of the molecule is C=CC(=O)OC(COc1cccc(OCC(CSCc2ccc(SC)cc2)OC(=O)C=C)c1)CSCc1ccc(SC)cc1. The second-order valence-electron chi connectivity index (χ2n) is 9.35. The lowest BCUT2D eigenvalue weighted by Crippen LogP contribution is -2.27. The van der Waals surface area contributed by atoms with Gasteiger partial charge in [-0.25, -0.2) is 9.59 Å². The van der Waals surface area contributed by atoms with Crippen molar-refractivity contribution >= 4 is 59.0 Å². The summed E-state index contributed by atoms with van der Waals surface area (Å²) in [6.45, 7) is 7.36. The van der Waals surface area contributed by atoms with Gasteiger partial charge in [-0.3, -0.25) is 0 Å². The number of rotatable bonds is 20. The maximum absolute atomic E-state index is 11.9. The Morgan fingerprint density at radius 1 is 0.682 bits per heavy atom. The van der Waals surface area contributed by atoms with Gasteiger partial charge in [-0.05, 0) is 60.0 Å². The number of hydrogen-bond donors (Lipinski definition) is 0. The molecule has 3 aromatic rings. The van der Waals surface area contributed by atoms with Crippen LogP contribution in [0, 0.1) is 0 Å². The van der Waals surface area contributed by atoms with E-state index in [0.717, 1.165) is 23.7 Å². The summed E-state index contributed by atoms with van der Waals surface area (Å²) in [6.07, 6.45) is 5.49. The van der Waals surface area contributed by atoms with Crippen molar-refractivity contribution in [1.82, 2.24) is 0 Å². The molecule has 0 aliphatic rings. The van der Waals surface area contributed by atoms with Crippen molar-refractivity contribution in [2.75, 3.05) is 37.2 Å². The van der Waals surface area contributed by atoms with Crippen molar-refractivity contribution in [2.45, 2.75) is 33.5 Å². The molecule has 44 heavy (non-hydrogen) atoms. The fourth-order valence-corrected chi connectivity index (χ4v) is 6.51. The number of thioether (sulfide) groups is 4. The molecule has 0 bridgehead atoms. The second-order valence-corrected chi connectivity index (χ2v) is 13.2. The van der Waals surface area contributed by atoms with Crippen LogP contribution in [0.1, 0.15) is 11.1 Å². The average Bonchev–Trinajstić information content (AvgIpc) is 3.06. The number of esters is 2. The zero-order valence-corrected chi connectivity index (χ0v) is 28.2. The Morgan fingerprint density at radius 3 is 1.45 bits per heavy atom. The lowest BCUT2D eigenvalue weighted by Gasteiger charge is -2.19. The van der Waals surface area contributed by atoms with Gasteiger partial charge in [0, 0.05) is 51.0 Å². The van der Waals surface area contributed by atoms with E-state index in [-0.39, 0.29) is 13.2 Å². The van der Waals surface area contributed by atoms with Crippen LogP contribution in [-0.2, 0) is 30.6 Å². The summed E-state index contributed by atoms with van der Waals surface area (Å²) in [4.78, 5) is 26.3. The fourth-order valence-electron chi connectivity index (χ4n) is 3.75. The van der Waals surface area contributed by atoms with Gasteiger partial charge in [0.2, 0.25) is 0 Å². The molecule has 0 aliphatic heterocycles. The summed E-state index contributed by atoms with van der Waals surface area (Å²) in [5.41, 5.74) is 2.40. The number of hydrogen-bond acceptors (Lipinski definition) is 10. The number of carbonyl (C=O) groups is 2. The Kier molecular flexibility index (Phi) is 16.3. The van der Waals surface area contributed by atoms with Gasteiger partial charge in [0.05, 0.1) is 0 Å². The molecule has 2 atom stereocenters. The van der Waals surface area contributed by atoms with Crippen LogP contribution in [0.4, 0.5) is 0 Å². The summed E-state index contributed by atoms with van der Waals surface area (Å²) >= 11 is 6.75. The molecular formula is C34H38O6S4. The highest BCUT2D eigenvalue weighted by molar-refractivity contribution is 7.99. The van der Waals surface area contributed by atoms with E-state index in [1.54, 1.807) is 53.1 Å². The minimum atomic E-state index is -0.490. The van der Waals surface area contributed by atoms with Crippen molar-refractivity contribution in [2.24, 2.45) is 0 Å². The maximum atomic E-state index is 11.9. The predicted octanol–water partition coefficient (Wildman–Crippen LogP) is 7.95. The van der Waals surface area contributed by atoms with Crippen molar-refractivity contribution in [3.05, 3.63) is 109 Å². The van der Waals surface area contributed by atoms with Crippen LogP contribution < -0.4 is 9.47 Å². The molecule has 0 aliphatic carbocycles. The van der Waals surface area contributed by atoms with Crippen LogP contribution in [-0.4, -0.2) is 61.4 Å². The van der Waals surface area contributed by atoms with Gasteiger partial charge in [-0.2, -0.15) is 23.5 Å². The number of ether oxygens (including phenoxy) is 4. The van der Waals surface area contributed by atoms with Crippen LogP contribution in [0.25, 0.3) is 0 Å². The van der Waals surface area contributed by atoms with Crippen molar-refractivity contribution in [1.29, 1.82) is 0 Å². The minimum Gasteiger partial charge on any atom is -0.490 e. The fraction of sp³-hybridized carbons (Fsp3) is 0.294. The van der Waals surface area contributed by atoms with Gasteiger partial charge in [0.1, 0.15) is 36.9 Å². The Labute approximate surface area is 277 Å². The van der Waals surface area contributed by atoms with Crippen molar-refractivity contribution in [3.8, 4) is 11.5 Å². The molecule has 6 nitrogen and oxygen atoms in total. The first-order valence-electron chi connectivity index (χ1n) is 13.9. The molecule has 0 aromatic heterocycles. The zero-order chi connectivity index (χ0) is 31.6. The standard InChI is InChI=1S/C34H38O6S4/c1-5-33(35)39-29(23-43-21-25-10-14-31(41-3)15-11-25)19-37-27-8-7-9-28(18-27)38-20-30(40-34(36)6-2)24-44-22-26-12-16-32(42-4)17-13-26/h5-18,29-30H,1-2,19-24H2,3-4H3. The van der Waals surface area contributed by atoms with E-state index in [1.807, 2.05) is 18.2 Å². The minimum absolute atomic E-state index is 0.176. The molecule has 0 N–H and O–H groups in total. The number of carbonyl (C=O) groups excluding carboxylic acids is 2. The topological polar surface area (TPSA) is 71.1 Å². The van der Waals surface area contributed by atoms with E-state index in [1.165, 1.54) is 20.9 Å². The maximum Gasteiger partial charge on any atom is 0.330 e.